The van der Waals surface area contributed by atoms with Gasteiger partial charge in [0, 0.05) is 6.42 Å². The average Bonchev–Trinajstić information content (AvgIpc) is 2.82. The Hall–Kier alpha value is -1.96. The Morgan fingerprint density at radius 3 is 2.60 bits per heavy atom. The van der Waals surface area contributed by atoms with Crippen LogP contribution in [0.25, 0.3) is 0 Å². The van der Waals surface area contributed by atoms with Crippen LogP contribution in [0, 0.1) is 10.1 Å². The Morgan fingerprint density at radius 2 is 2.15 bits per heavy atom. The number of hydrogen-bond donors (Lipinski definition) is 2. The van der Waals surface area contributed by atoms with E-state index < -0.39 is 0 Å². The number of carbonyl (C=O) groups excluding carboxylic acids is 1. The molecule has 8 heteroatoms. The number of carbonyl (C=O) groups is 1. The maximum Gasteiger partial charge on any atom is 0.313 e. The number of rotatable bonds is 7. The molecule has 0 saturated carbocycles. The second-order valence-corrected chi connectivity index (χ2v) is 4.61. The summed E-state index contributed by atoms with van der Waals surface area (Å²) in [6.45, 7) is 5.59. The van der Waals surface area contributed by atoms with Gasteiger partial charge in [0.15, 0.2) is 0 Å². The lowest BCUT2D eigenvalue weighted by Gasteiger charge is -2.14. The van der Waals surface area contributed by atoms with Crippen LogP contribution in [-0.2, 0) is 17.6 Å². The van der Waals surface area contributed by atoms with Crippen molar-refractivity contribution in [2.45, 2.75) is 52.5 Å². The third kappa shape index (κ3) is 3.32. The SMILES string of the molecule is CCc1nn(C(C)CCC(=O)NN)c(CC)c1[N+](=O)[O-]. The van der Waals surface area contributed by atoms with E-state index in [1.54, 1.807) is 4.68 Å². The van der Waals surface area contributed by atoms with Gasteiger partial charge in [-0.1, -0.05) is 13.8 Å². The topological polar surface area (TPSA) is 116 Å². The average molecular weight is 283 g/mol. The number of aromatic nitrogens is 2. The molecule has 0 aromatic carbocycles. The lowest BCUT2D eigenvalue weighted by atomic mass is 10.1. The molecule has 0 fully saturated rings. The molecule has 1 heterocycles. The van der Waals surface area contributed by atoms with Crippen LogP contribution in [0.4, 0.5) is 5.69 Å². The summed E-state index contributed by atoms with van der Waals surface area (Å²) in [5, 5.41) is 15.5. The Bertz CT molecular complexity index is 498. The van der Waals surface area contributed by atoms with E-state index in [2.05, 4.69) is 10.5 Å². The molecule has 1 amide bonds. The van der Waals surface area contributed by atoms with Crippen LogP contribution in [0.2, 0.25) is 0 Å². The fraction of sp³-hybridized carbons (Fsp3) is 0.667. The van der Waals surface area contributed by atoms with Gasteiger partial charge < -0.3 is 0 Å². The van der Waals surface area contributed by atoms with Gasteiger partial charge in [0.2, 0.25) is 5.91 Å². The van der Waals surface area contributed by atoms with Crippen molar-refractivity contribution >= 4 is 11.6 Å². The first kappa shape index (κ1) is 16.1. The van der Waals surface area contributed by atoms with Gasteiger partial charge in [-0.25, -0.2) is 5.84 Å². The summed E-state index contributed by atoms with van der Waals surface area (Å²) in [5.41, 5.74) is 3.26. The highest BCUT2D eigenvalue weighted by molar-refractivity contribution is 5.75. The van der Waals surface area contributed by atoms with Crippen molar-refractivity contribution in [3.05, 3.63) is 21.5 Å². The lowest BCUT2D eigenvalue weighted by Crippen LogP contribution is -2.30. The zero-order valence-electron chi connectivity index (χ0n) is 12.0. The van der Waals surface area contributed by atoms with E-state index in [0.29, 0.717) is 30.7 Å². The zero-order valence-corrected chi connectivity index (χ0v) is 12.0. The Kier molecular flexibility index (Phi) is 5.63. The molecule has 0 bridgehead atoms. The van der Waals surface area contributed by atoms with Gasteiger partial charge in [-0.3, -0.25) is 25.0 Å². The first-order chi connectivity index (χ1) is 9.46. The molecule has 1 aromatic heterocycles. The first-order valence-corrected chi connectivity index (χ1v) is 6.70. The van der Waals surface area contributed by atoms with Crippen LogP contribution in [0.3, 0.4) is 0 Å². The number of hydrogen-bond acceptors (Lipinski definition) is 5. The third-order valence-electron chi connectivity index (χ3n) is 3.27. The molecule has 0 saturated heterocycles. The van der Waals surface area contributed by atoms with Crippen molar-refractivity contribution in [3.63, 3.8) is 0 Å². The molecule has 20 heavy (non-hydrogen) atoms. The number of nitrogens with one attached hydrogen (secondary N) is 1. The molecule has 0 aliphatic heterocycles. The number of aryl methyl sites for hydroxylation is 1. The molecule has 112 valence electrons. The molecule has 0 spiro atoms. The fourth-order valence-corrected chi connectivity index (χ4v) is 2.19. The molecule has 1 unspecified atom stereocenters. The first-order valence-electron chi connectivity index (χ1n) is 6.70. The van der Waals surface area contributed by atoms with Gasteiger partial charge in [0.05, 0.1) is 11.0 Å². The summed E-state index contributed by atoms with van der Waals surface area (Å²) in [6, 6.07) is -0.0961. The summed E-state index contributed by atoms with van der Waals surface area (Å²) in [7, 11) is 0. The largest absolute Gasteiger partial charge is 0.313 e. The number of nitrogens with zero attached hydrogens (tertiary/aromatic N) is 3. The van der Waals surface area contributed by atoms with Gasteiger partial charge in [0.1, 0.15) is 11.4 Å². The maximum absolute atomic E-state index is 11.2. The van der Waals surface area contributed by atoms with Gasteiger partial charge >= 0.3 is 5.69 Å². The fourth-order valence-electron chi connectivity index (χ4n) is 2.19. The summed E-state index contributed by atoms with van der Waals surface area (Å²) < 4.78 is 1.67. The predicted molar refractivity (Wildman–Crippen MR) is 73.9 cm³/mol. The standard InChI is InChI=1S/C12H21N5O3/c1-4-9-12(17(19)20)10(5-2)16(15-9)8(3)6-7-11(18)14-13/h8H,4-7,13H2,1-3H3,(H,14,18). The van der Waals surface area contributed by atoms with Crippen LogP contribution >= 0.6 is 0 Å². The Labute approximate surface area is 117 Å². The van der Waals surface area contributed by atoms with Gasteiger partial charge in [-0.05, 0) is 26.2 Å². The number of amides is 1. The Balaban J connectivity index is 3.05. The number of nitrogens with two attached hydrogens (primary N) is 1. The van der Waals surface area contributed by atoms with Crippen molar-refractivity contribution < 1.29 is 9.72 Å². The normalized spacial score (nSPS) is 12.2. The highest BCUT2D eigenvalue weighted by Gasteiger charge is 2.27. The summed E-state index contributed by atoms with van der Waals surface area (Å²) in [5.74, 6) is 4.77. The van der Waals surface area contributed by atoms with Crippen molar-refractivity contribution in [1.29, 1.82) is 0 Å². The quantitative estimate of drug-likeness (QED) is 0.338. The summed E-state index contributed by atoms with van der Waals surface area (Å²) >= 11 is 0. The molecule has 0 aliphatic carbocycles. The smallest absolute Gasteiger partial charge is 0.294 e. The van der Waals surface area contributed by atoms with Gasteiger partial charge in [-0.2, -0.15) is 5.10 Å². The van der Waals surface area contributed by atoms with E-state index in [1.165, 1.54) is 0 Å². The molecule has 0 radical (unpaired) electrons. The van der Waals surface area contributed by atoms with Crippen LogP contribution in [-0.4, -0.2) is 20.6 Å². The van der Waals surface area contributed by atoms with E-state index in [0.717, 1.165) is 0 Å². The zero-order chi connectivity index (χ0) is 15.3. The van der Waals surface area contributed by atoms with Crippen LogP contribution in [0.1, 0.15) is 51.0 Å². The minimum Gasteiger partial charge on any atom is -0.294 e. The van der Waals surface area contributed by atoms with E-state index in [4.69, 9.17) is 5.84 Å². The van der Waals surface area contributed by atoms with E-state index in [1.807, 2.05) is 20.8 Å². The van der Waals surface area contributed by atoms with Gasteiger partial charge in [0.25, 0.3) is 0 Å². The molecule has 1 atom stereocenters. The highest BCUT2D eigenvalue weighted by atomic mass is 16.6. The molecular weight excluding hydrogens is 262 g/mol. The number of nitro groups is 1. The second-order valence-electron chi connectivity index (χ2n) is 4.61. The predicted octanol–water partition coefficient (Wildman–Crippen LogP) is 1.25. The van der Waals surface area contributed by atoms with E-state index >= 15 is 0 Å². The minimum absolute atomic E-state index is 0.0961. The molecule has 8 nitrogen and oxygen atoms in total. The van der Waals surface area contributed by atoms with E-state index in [9.17, 15) is 14.9 Å². The third-order valence-corrected chi connectivity index (χ3v) is 3.27. The van der Waals surface area contributed by atoms with Crippen LogP contribution in [0.5, 0.6) is 0 Å². The van der Waals surface area contributed by atoms with Crippen molar-refractivity contribution in [2.75, 3.05) is 0 Å². The summed E-state index contributed by atoms with van der Waals surface area (Å²) in [4.78, 5) is 22.0. The van der Waals surface area contributed by atoms with Crippen molar-refractivity contribution in [3.8, 4) is 0 Å². The lowest BCUT2D eigenvalue weighted by molar-refractivity contribution is -0.386. The minimum atomic E-state index is -0.375. The molecule has 0 aliphatic rings. The van der Waals surface area contributed by atoms with Crippen molar-refractivity contribution in [1.82, 2.24) is 15.2 Å². The van der Waals surface area contributed by atoms with Crippen molar-refractivity contribution in [2.24, 2.45) is 5.84 Å². The molecule has 3 N–H and O–H groups in total. The monoisotopic (exact) mass is 283 g/mol. The molecular formula is C12H21N5O3. The van der Waals surface area contributed by atoms with E-state index in [-0.39, 0.29) is 29.0 Å². The molecule has 1 aromatic rings. The highest BCUT2D eigenvalue weighted by Crippen LogP contribution is 2.28. The summed E-state index contributed by atoms with van der Waals surface area (Å²) in [6.07, 6.45) is 1.82. The maximum atomic E-state index is 11.2. The number of hydrazine groups is 1. The second kappa shape index (κ2) is 6.99. The Morgan fingerprint density at radius 1 is 1.50 bits per heavy atom. The van der Waals surface area contributed by atoms with Crippen LogP contribution < -0.4 is 11.3 Å². The van der Waals surface area contributed by atoms with Crippen LogP contribution in [0.15, 0.2) is 0 Å². The molecule has 1 rings (SSSR count). The van der Waals surface area contributed by atoms with Gasteiger partial charge in [-0.15, -0.1) is 0 Å².